The first-order valence-corrected chi connectivity index (χ1v) is 8.49. The van der Waals surface area contributed by atoms with Crippen LogP contribution in [-0.4, -0.2) is 24.3 Å². The number of aliphatic hydroxyl groups excluding tert-OH is 1. The van der Waals surface area contributed by atoms with Crippen LogP contribution in [0.1, 0.15) is 49.8 Å². The Balaban J connectivity index is 2.24. The Morgan fingerprint density at radius 2 is 2.29 bits per heavy atom. The van der Waals surface area contributed by atoms with Crippen molar-refractivity contribution in [3.8, 4) is 5.75 Å². The van der Waals surface area contributed by atoms with Crippen LogP contribution < -0.4 is 4.74 Å². The number of hydrogen-bond donors (Lipinski definition) is 1. The van der Waals surface area contributed by atoms with E-state index in [0.717, 1.165) is 34.1 Å². The molecule has 0 radical (unpaired) electrons. The molecule has 0 bridgehead atoms. The van der Waals surface area contributed by atoms with Gasteiger partial charge in [-0.25, -0.2) is 0 Å². The molecular weight excluding hydrogens is 383 g/mol. The van der Waals surface area contributed by atoms with E-state index in [-0.39, 0.29) is 18.7 Å². The van der Waals surface area contributed by atoms with Gasteiger partial charge in [-0.2, -0.15) is 0 Å². The maximum absolute atomic E-state index is 11.3. The summed E-state index contributed by atoms with van der Waals surface area (Å²) in [7, 11) is 0. The van der Waals surface area contributed by atoms with Gasteiger partial charge in [0.25, 0.3) is 0 Å². The maximum atomic E-state index is 11.3. The SMILES string of the molecule is CCCc1c(I)cc(C2CCC(=O)O2)cc1OCCCO. The third-order valence-corrected chi connectivity index (χ3v) is 4.46. The van der Waals surface area contributed by atoms with Crippen molar-refractivity contribution in [3.63, 3.8) is 0 Å². The van der Waals surface area contributed by atoms with E-state index in [1.54, 1.807) is 0 Å². The first kappa shape index (κ1) is 16.5. The van der Waals surface area contributed by atoms with Gasteiger partial charge in [-0.3, -0.25) is 4.79 Å². The molecule has 1 heterocycles. The van der Waals surface area contributed by atoms with E-state index < -0.39 is 0 Å². The van der Waals surface area contributed by atoms with Crippen LogP contribution in [0.2, 0.25) is 0 Å². The lowest BCUT2D eigenvalue weighted by atomic mass is 10.0. The third kappa shape index (κ3) is 4.32. The second kappa shape index (κ2) is 7.98. The summed E-state index contributed by atoms with van der Waals surface area (Å²) in [6, 6.07) is 4.08. The zero-order chi connectivity index (χ0) is 15.2. The van der Waals surface area contributed by atoms with Gasteiger partial charge in [0.2, 0.25) is 0 Å². The van der Waals surface area contributed by atoms with Crippen molar-refractivity contribution in [2.75, 3.05) is 13.2 Å². The molecule has 1 saturated heterocycles. The van der Waals surface area contributed by atoms with Gasteiger partial charge in [0.1, 0.15) is 11.9 Å². The number of benzene rings is 1. The van der Waals surface area contributed by atoms with Crippen molar-refractivity contribution in [3.05, 3.63) is 26.8 Å². The number of rotatable bonds is 7. The van der Waals surface area contributed by atoms with Crippen LogP contribution in [0.4, 0.5) is 0 Å². The van der Waals surface area contributed by atoms with Crippen LogP contribution in [0, 0.1) is 3.57 Å². The van der Waals surface area contributed by atoms with Crippen molar-refractivity contribution < 1.29 is 19.4 Å². The largest absolute Gasteiger partial charge is 0.493 e. The van der Waals surface area contributed by atoms with E-state index in [2.05, 4.69) is 35.6 Å². The Morgan fingerprint density at radius 3 is 2.90 bits per heavy atom. The van der Waals surface area contributed by atoms with Gasteiger partial charge in [-0.05, 0) is 53.1 Å². The summed E-state index contributed by atoms with van der Waals surface area (Å²) in [4.78, 5) is 11.3. The van der Waals surface area contributed by atoms with Crippen molar-refractivity contribution in [2.24, 2.45) is 0 Å². The molecule has 116 valence electrons. The molecule has 0 amide bonds. The van der Waals surface area contributed by atoms with E-state index in [9.17, 15) is 4.79 Å². The standard InChI is InChI=1S/C16H21IO4/c1-2-4-12-13(17)9-11(14-5-6-16(19)21-14)10-15(12)20-8-3-7-18/h9-10,14,18H,2-8H2,1H3. The van der Waals surface area contributed by atoms with Crippen LogP contribution in [0.15, 0.2) is 12.1 Å². The summed E-state index contributed by atoms with van der Waals surface area (Å²) in [5.74, 6) is 0.727. The van der Waals surface area contributed by atoms with E-state index in [1.165, 1.54) is 5.56 Å². The number of carbonyl (C=O) groups excluding carboxylic acids is 1. The number of hydrogen-bond acceptors (Lipinski definition) is 4. The fraction of sp³-hybridized carbons (Fsp3) is 0.562. The third-order valence-electron chi connectivity index (χ3n) is 3.49. The molecule has 0 spiro atoms. The molecular formula is C16H21IO4. The van der Waals surface area contributed by atoms with Gasteiger partial charge >= 0.3 is 5.97 Å². The Morgan fingerprint density at radius 1 is 1.48 bits per heavy atom. The van der Waals surface area contributed by atoms with Crippen molar-refractivity contribution in [1.29, 1.82) is 0 Å². The van der Waals surface area contributed by atoms with Crippen LogP contribution in [0.5, 0.6) is 5.75 Å². The molecule has 0 saturated carbocycles. The Labute approximate surface area is 139 Å². The molecule has 1 unspecified atom stereocenters. The Bertz CT molecular complexity index is 501. The molecule has 21 heavy (non-hydrogen) atoms. The monoisotopic (exact) mass is 404 g/mol. The molecule has 1 aromatic carbocycles. The Hall–Kier alpha value is -0.820. The minimum Gasteiger partial charge on any atom is -0.493 e. The molecule has 1 aliphatic heterocycles. The van der Waals surface area contributed by atoms with Crippen molar-refractivity contribution >= 4 is 28.6 Å². The molecule has 0 aromatic heterocycles. The number of halogens is 1. The lowest BCUT2D eigenvalue weighted by molar-refractivity contribution is -0.141. The zero-order valence-electron chi connectivity index (χ0n) is 12.2. The molecule has 1 fully saturated rings. The average Bonchev–Trinajstić information content (AvgIpc) is 2.89. The second-order valence-corrected chi connectivity index (χ2v) is 6.33. The summed E-state index contributed by atoms with van der Waals surface area (Å²) < 4.78 is 12.3. The van der Waals surface area contributed by atoms with Crippen molar-refractivity contribution in [1.82, 2.24) is 0 Å². The number of esters is 1. The average molecular weight is 404 g/mol. The quantitative estimate of drug-likeness (QED) is 0.430. The fourth-order valence-electron chi connectivity index (χ4n) is 2.45. The van der Waals surface area contributed by atoms with Crippen LogP contribution in [0.3, 0.4) is 0 Å². The summed E-state index contributed by atoms with van der Waals surface area (Å²) in [6.07, 6.45) is 3.69. The highest BCUT2D eigenvalue weighted by Gasteiger charge is 2.26. The van der Waals surface area contributed by atoms with E-state index in [0.29, 0.717) is 19.4 Å². The highest BCUT2D eigenvalue weighted by molar-refractivity contribution is 14.1. The van der Waals surface area contributed by atoms with E-state index >= 15 is 0 Å². The zero-order valence-corrected chi connectivity index (χ0v) is 14.4. The number of cyclic esters (lactones) is 1. The van der Waals surface area contributed by atoms with Gasteiger partial charge in [-0.15, -0.1) is 0 Å². The minimum absolute atomic E-state index is 0.125. The molecule has 1 atom stereocenters. The predicted molar refractivity (Wildman–Crippen MR) is 88.4 cm³/mol. The topological polar surface area (TPSA) is 55.8 Å². The van der Waals surface area contributed by atoms with Gasteiger partial charge in [0.15, 0.2) is 0 Å². The second-order valence-electron chi connectivity index (χ2n) is 5.17. The molecule has 2 rings (SSSR count). The summed E-state index contributed by atoms with van der Waals surface area (Å²) in [5, 5.41) is 8.89. The molecule has 4 nitrogen and oxygen atoms in total. The molecule has 1 N–H and O–H groups in total. The van der Waals surface area contributed by atoms with Crippen molar-refractivity contribution in [2.45, 2.75) is 45.1 Å². The smallest absolute Gasteiger partial charge is 0.306 e. The first-order valence-electron chi connectivity index (χ1n) is 7.41. The normalized spacial score (nSPS) is 17.9. The highest BCUT2D eigenvalue weighted by Crippen LogP contribution is 2.35. The molecule has 1 aliphatic rings. The first-order chi connectivity index (χ1) is 10.2. The lowest BCUT2D eigenvalue weighted by Crippen LogP contribution is -2.06. The number of aliphatic hydroxyl groups is 1. The van der Waals surface area contributed by atoms with Gasteiger partial charge in [0, 0.05) is 28.6 Å². The van der Waals surface area contributed by atoms with Gasteiger partial charge < -0.3 is 14.6 Å². The van der Waals surface area contributed by atoms with Gasteiger partial charge in [0.05, 0.1) is 6.61 Å². The van der Waals surface area contributed by atoms with Crippen LogP contribution in [0.25, 0.3) is 0 Å². The summed E-state index contributed by atoms with van der Waals surface area (Å²) >= 11 is 2.32. The molecule has 1 aromatic rings. The number of carbonyl (C=O) groups is 1. The summed E-state index contributed by atoms with van der Waals surface area (Å²) in [5.41, 5.74) is 2.20. The summed E-state index contributed by atoms with van der Waals surface area (Å²) in [6.45, 7) is 2.76. The number of ether oxygens (including phenoxy) is 2. The fourth-order valence-corrected chi connectivity index (χ4v) is 3.34. The van der Waals surface area contributed by atoms with E-state index in [4.69, 9.17) is 14.6 Å². The van der Waals surface area contributed by atoms with Crippen LogP contribution in [-0.2, 0) is 16.0 Å². The van der Waals surface area contributed by atoms with Crippen LogP contribution >= 0.6 is 22.6 Å². The molecule has 5 heteroatoms. The van der Waals surface area contributed by atoms with E-state index in [1.807, 2.05) is 6.07 Å². The molecule has 0 aliphatic carbocycles. The maximum Gasteiger partial charge on any atom is 0.306 e. The predicted octanol–water partition coefficient (Wildman–Crippen LogP) is 3.38. The minimum atomic E-state index is -0.151. The Kier molecular flexibility index (Phi) is 6.29. The lowest BCUT2D eigenvalue weighted by Gasteiger charge is -2.17. The highest BCUT2D eigenvalue weighted by atomic mass is 127. The van der Waals surface area contributed by atoms with Gasteiger partial charge in [-0.1, -0.05) is 13.3 Å².